The van der Waals surface area contributed by atoms with Crippen LogP contribution in [0.2, 0.25) is 10.2 Å². The average Bonchev–Trinajstić information content (AvgIpc) is 2.29. The molecule has 0 aromatic carbocycles. The largest absolute Gasteiger partial charge is 0.237 e. The summed E-state index contributed by atoms with van der Waals surface area (Å²) in [5.41, 5.74) is 0.841. The molecule has 0 aliphatic rings. The second-order valence-corrected chi connectivity index (χ2v) is 4.01. The lowest BCUT2D eigenvalue weighted by Gasteiger charge is -1.95. The van der Waals surface area contributed by atoms with Crippen LogP contribution in [0.25, 0.3) is 5.52 Å². The zero-order chi connectivity index (χ0) is 8.72. The Balaban J connectivity index is 2.88. The summed E-state index contributed by atoms with van der Waals surface area (Å²) in [5, 5.41) is 5.01. The predicted octanol–water partition coefficient (Wildman–Crippen LogP) is 3.40. The smallest absolute Gasteiger partial charge is 0.151 e. The van der Waals surface area contributed by atoms with Crippen molar-refractivity contribution in [3.05, 3.63) is 33.0 Å². The number of hydrogen-bond donors (Lipinski definition) is 0. The van der Waals surface area contributed by atoms with E-state index >= 15 is 0 Å². The molecule has 2 aromatic rings. The highest BCUT2D eigenvalue weighted by atomic mass is 79.9. The third-order valence-corrected chi connectivity index (χ3v) is 2.38. The SMILES string of the molecule is Clc1cc(Cl)c2cc(Br)cn2n1. The fourth-order valence-electron chi connectivity index (χ4n) is 0.992. The van der Waals surface area contributed by atoms with E-state index in [1.165, 1.54) is 0 Å². The molecule has 12 heavy (non-hydrogen) atoms. The van der Waals surface area contributed by atoms with Crippen molar-refractivity contribution in [3.63, 3.8) is 0 Å². The van der Waals surface area contributed by atoms with Gasteiger partial charge < -0.3 is 0 Å². The number of hydrogen-bond acceptors (Lipinski definition) is 1. The quantitative estimate of drug-likeness (QED) is 0.714. The summed E-state index contributed by atoms with van der Waals surface area (Å²) in [6, 6.07) is 3.50. The average molecular weight is 266 g/mol. The number of nitrogens with zero attached hydrogens (tertiary/aromatic N) is 2. The van der Waals surface area contributed by atoms with Crippen molar-refractivity contribution in [1.29, 1.82) is 0 Å². The third kappa shape index (κ3) is 1.32. The summed E-state index contributed by atoms with van der Waals surface area (Å²) in [6.45, 7) is 0. The van der Waals surface area contributed by atoms with Gasteiger partial charge in [0.15, 0.2) is 5.15 Å². The maximum Gasteiger partial charge on any atom is 0.151 e. The zero-order valence-corrected chi connectivity index (χ0v) is 8.86. The molecule has 0 aliphatic carbocycles. The van der Waals surface area contributed by atoms with Crippen LogP contribution in [0.3, 0.4) is 0 Å². The standard InChI is InChI=1S/C7H3BrCl2N2/c8-4-1-6-5(9)2-7(10)11-12(6)3-4/h1-3H. The molecule has 0 saturated carbocycles. The molecule has 62 valence electrons. The lowest BCUT2D eigenvalue weighted by Crippen LogP contribution is -1.89. The second kappa shape index (κ2) is 2.91. The molecular formula is C7H3BrCl2N2. The number of rotatable bonds is 0. The molecule has 0 spiro atoms. The van der Waals surface area contributed by atoms with Gasteiger partial charge in [-0.2, -0.15) is 5.10 Å². The monoisotopic (exact) mass is 264 g/mol. The van der Waals surface area contributed by atoms with Crippen LogP contribution in [0.5, 0.6) is 0 Å². The van der Waals surface area contributed by atoms with Gasteiger partial charge in [-0.15, -0.1) is 0 Å². The van der Waals surface area contributed by atoms with Crippen molar-refractivity contribution >= 4 is 44.6 Å². The molecular weight excluding hydrogens is 263 g/mol. The first kappa shape index (κ1) is 8.35. The fourth-order valence-corrected chi connectivity index (χ4v) is 1.89. The maximum atomic E-state index is 5.91. The highest BCUT2D eigenvalue weighted by Crippen LogP contribution is 2.23. The highest BCUT2D eigenvalue weighted by molar-refractivity contribution is 9.10. The van der Waals surface area contributed by atoms with Gasteiger partial charge in [0, 0.05) is 10.7 Å². The van der Waals surface area contributed by atoms with Gasteiger partial charge in [0.2, 0.25) is 0 Å². The first-order valence-corrected chi connectivity index (χ1v) is 4.71. The van der Waals surface area contributed by atoms with Crippen molar-refractivity contribution in [3.8, 4) is 0 Å². The predicted molar refractivity (Wildman–Crippen MR) is 52.9 cm³/mol. The van der Waals surface area contributed by atoms with Crippen LogP contribution in [0.1, 0.15) is 0 Å². The molecule has 2 heterocycles. The zero-order valence-electron chi connectivity index (χ0n) is 5.76. The Hall–Kier alpha value is -0.250. The van der Waals surface area contributed by atoms with Crippen LogP contribution in [-0.4, -0.2) is 9.61 Å². The summed E-state index contributed by atoms with van der Waals surface area (Å²) < 4.78 is 2.56. The molecule has 0 aliphatic heterocycles. The Kier molecular flexibility index (Phi) is 2.02. The summed E-state index contributed by atoms with van der Waals surface area (Å²) >= 11 is 14.9. The van der Waals surface area contributed by atoms with E-state index in [-0.39, 0.29) is 0 Å². The van der Waals surface area contributed by atoms with Crippen molar-refractivity contribution in [2.24, 2.45) is 0 Å². The van der Waals surface area contributed by atoms with Gasteiger partial charge in [0.05, 0.1) is 10.5 Å². The second-order valence-electron chi connectivity index (χ2n) is 2.30. The molecule has 2 rings (SSSR count). The molecule has 2 aromatic heterocycles. The minimum Gasteiger partial charge on any atom is -0.237 e. The lowest BCUT2D eigenvalue weighted by atomic mass is 10.4. The van der Waals surface area contributed by atoms with E-state index in [0.29, 0.717) is 10.2 Å². The molecule has 0 unspecified atom stereocenters. The summed E-state index contributed by atoms with van der Waals surface area (Å²) in [6.07, 6.45) is 1.80. The molecule has 2 nitrogen and oxygen atoms in total. The minimum absolute atomic E-state index is 0.385. The van der Waals surface area contributed by atoms with Gasteiger partial charge >= 0.3 is 0 Å². The van der Waals surface area contributed by atoms with Crippen LogP contribution in [-0.2, 0) is 0 Å². The number of halogens is 3. The van der Waals surface area contributed by atoms with Crippen molar-refractivity contribution in [1.82, 2.24) is 9.61 Å². The molecule has 0 radical (unpaired) electrons. The molecule has 0 bridgehead atoms. The van der Waals surface area contributed by atoms with Crippen molar-refractivity contribution in [2.45, 2.75) is 0 Å². The van der Waals surface area contributed by atoms with E-state index in [1.807, 2.05) is 6.07 Å². The van der Waals surface area contributed by atoms with Gasteiger partial charge in [0.1, 0.15) is 0 Å². The fraction of sp³-hybridized carbons (Fsp3) is 0. The van der Waals surface area contributed by atoms with E-state index in [0.717, 1.165) is 9.99 Å². The topological polar surface area (TPSA) is 17.3 Å². The molecule has 0 fully saturated rings. The van der Waals surface area contributed by atoms with E-state index < -0.39 is 0 Å². The third-order valence-electron chi connectivity index (χ3n) is 1.46. The van der Waals surface area contributed by atoms with Crippen LogP contribution in [0, 0.1) is 0 Å². The molecule has 5 heteroatoms. The Morgan fingerprint density at radius 3 is 2.83 bits per heavy atom. The van der Waals surface area contributed by atoms with Gasteiger partial charge in [0.25, 0.3) is 0 Å². The van der Waals surface area contributed by atoms with Crippen molar-refractivity contribution in [2.75, 3.05) is 0 Å². The van der Waals surface area contributed by atoms with Gasteiger partial charge in [-0.05, 0) is 28.1 Å². The van der Waals surface area contributed by atoms with E-state index in [1.54, 1.807) is 16.8 Å². The van der Waals surface area contributed by atoms with E-state index in [4.69, 9.17) is 23.2 Å². The Morgan fingerprint density at radius 2 is 2.08 bits per heavy atom. The Labute approximate surface area is 87.2 Å². The van der Waals surface area contributed by atoms with Crippen LogP contribution in [0.15, 0.2) is 22.8 Å². The van der Waals surface area contributed by atoms with Crippen molar-refractivity contribution < 1.29 is 0 Å². The molecule has 0 N–H and O–H groups in total. The lowest BCUT2D eigenvalue weighted by molar-refractivity contribution is 0.940. The molecule has 0 atom stereocenters. The number of aromatic nitrogens is 2. The molecule has 0 saturated heterocycles. The summed E-state index contributed by atoms with van der Waals surface area (Å²) in [5.74, 6) is 0. The summed E-state index contributed by atoms with van der Waals surface area (Å²) in [4.78, 5) is 0. The van der Waals surface area contributed by atoms with Gasteiger partial charge in [-0.25, -0.2) is 4.52 Å². The summed E-state index contributed by atoms with van der Waals surface area (Å²) in [7, 11) is 0. The first-order valence-electron chi connectivity index (χ1n) is 3.17. The van der Waals surface area contributed by atoms with Crippen LogP contribution >= 0.6 is 39.1 Å². The highest BCUT2D eigenvalue weighted by Gasteiger charge is 2.03. The Morgan fingerprint density at radius 1 is 1.33 bits per heavy atom. The number of fused-ring (bicyclic) bond motifs is 1. The van der Waals surface area contributed by atoms with Crippen LogP contribution in [0.4, 0.5) is 0 Å². The normalized spacial score (nSPS) is 10.9. The van der Waals surface area contributed by atoms with Gasteiger partial charge in [-0.1, -0.05) is 23.2 Å². The van der Waals surface area contributed by atoms with Gasteiger partial charge in [-0.3, -0.25) is 0 Å². The Bertz CT molecular complexity index is 438. The molecule has 0 amide bonds. The minimum atomic E-state index is 0.385. The first-order chi connectivity index (χ1) is 5.66. The maximum absolute atomic E-state index is 5.91. The van der Waals surface area contributed by atoms with Crippen LogP contribution < -0.4 is 0 Å². The van der Waals surface area contributed by atoms with E-state index in [2.05, 4.69) is 21.0 Å². The van der Waals surface area contributed by atoms with E-state index in [9.17, 15) is 0 Å².